The maximum absolute atomic E-state index is 13.0. The SMILES string of the molecule is Nc1ccccc1-c1cc(F)ccc1O. The first-order valence-corrected chi connectivity index (χ1v) is 4.52. The molecule has 0 atom stereocenters. The molecule has 2 rings (SSSR count). The first-order chi connectivity index (χ1) is 7.18. The van der Waals surface area contributed by atoms with E-state index in [1.54, 1.807) is 24.3 Å². The molecule has 2 nitrogen and oxygen atoms in total. The fourth-order valence-corrected chi connectivity index (χ4v) is 1.47. The zero-order chi connectivity index (χ0) is 10.8. The molecule has 0 fully saturated rings. The summed E-state index contributed by atoms with van der Waals surface area (Å²) in [7, 11) is 0. The summed E-state index contributed by atoms with van der Waals surface area (Å²) in [6.07, 6.45) is 0. The van der Waals surface area contributed by atoms with Gasteiger partial charge >= 0.3 is 0 Å². The van der Waals surface area contributed by atoms with Crippen molar-refractivity contribution in [3.63, 3.8) is 0 Å². The lowest BCUT2D eigenvalue weighted by molar-refractivity contribution is 0.475. The van der Waals surface area contributed by atoms with Gasteiger partial charge < -0.3 is 10.8 Å². The second-order valence-electron chi connectivity index (χ2n) is 3.25. The van der Waals surface area contributed by atoms with E-state index in [0.29, 0.717) is 16.8 Å². The highest BCUT2D eigenvalue weighted by molar-refractivity contribution is 5.80. The molecule has 0 aromatic heterocycles. The van der Waals surface area contributed by atoms with Crippen LogP contribution in [0.15, 0.2) is 42.5 Å². The van der Waals surface area contributed by atoms with E-state index in [1.807, 2.05) is 0 Å². The molecule has 0 bridgehead atoms. The molecule has 0 spiro atoms. The Labute approximate surface area is 86.8 Å². The smallest absolute Gasteiger partial charge is 0.124 e. The van der Waals surface area contributed by atoms with Crippen molar-refractivity contribution >= 4 is 5.69 Å². The molecule has 0 unspecified atom stereocenters. The Morgan fingerprint density at radius 2 is 1.73 bits per heavy atom. The van der Waals surface area contributed by atoms with E-state index in [2.05, 4.69) is 0 Å². The third kappa shape index (κ3) is 1.76. The van der Waals surface area contributed by atoms with E-state index in [0.717, 1.165) is 0 Å². The number of phenolic OH excluding ortho intramolecular Hbond substituents is 1. The number of aromatic hydroxyl groups is 1. The Morgan fingerprint density at radius 1 is 1.00 bits per heavy atom. The molecule has 0 heterocycles. The number of nitrogens with two attached hydrogens (primary N) is 1. The molecular formula is C12H10FNO. The predicted molar refractivity (Wildman–Crippen MR) is 57.9 cm³/mol. The Hall–Kier alpha value is -2.03. The number of rotatable bonds is 1. The van der Waals surface area contributed by atoms with Gasteiger partial charge in [-0.25, -0.2) is 4.39 Å². The molecule has 2 aromatic carbocycles. The third-order valence-electron chi connectivity index (χ3n) is 2.21. The normalized spacial score (nSPS) is 10.2. The summed E-state index contributed by atoms with van der Waals surface area (Å²) in [4.78, 5) is 0. The first kappa shape index (κ1) is 9.52. The molecule has 15 heavy (non-hydrogen) atoms. The van der Waals surface area contributed by atoms with Gasteiger partial charge in [0.05, 0.1) is 0 Å². The topological polar surface area (TPSA) is 46.2 Å². The van der Waals surface area contributed by atoms with E-state index in [-0.39, 0.29) is 5.75 Å². The van der Waals surface area contributed by atoms with Crippen LogP contribution in [0.5, 0.6) is 5.75 Å². The number of hydrogen-bond acceptors (Lipinski definition) is 2. The summed E-state index contributed by atoms with van der Waals surface area (Å²) in [5.41, 5.74) is 7.29. The van der Waals surface area contributed by atoms with Crippen LogP contribution in [-0.2, 0) is 0 Å². The molecule has 3 N–H and O–H groups in total. The van der Waals surface area contributed by atoms with E-state index >= 15 is 0 Å². The number of para-hydroxylation sites is 1. The maximum atomic E-state index is 13.0. The number of nitrogen functional groups attached to an aromatic ring is 1. The minimum Gasteiger partial charge on any atom is -0.507 e. The maximum Gasteiger partial charge on any atom is 0.124 e. The van der Waals surface area contributed by atoms with Crippen LogP contribution in [0, 0.1) is 5.82 Å². The van der Waals surface area contributed by atoms with Crippen LogP contribution >= 0.6 is 0 Å². The lowest BCUT2D eigenvalue weighted by Crippen LogP contribution is -1.90. The average Bonchev–Trinajstić information content (AvgIpc) is 2.23. The van der Waals surface area contributed by atoms with Gasteiger partial charge in [-0.3, -0.25) is 0 Å². The minimum absolute atomic E-state index is 0.0225. The molecule has 0 aliphatic rings. The Bertz CT molecular complexity index is 497. The van der Waals surface area contributed by atoms with Gasteiger partial charge in [0.1, 0.15) is 11.6 Å². The van der Waals surface area contributed by atoms with E-state index in [9.17, 15) is 9.50 Å². The molecule has 0 aliphatic heterocycles. The minimum atomic E-state index is -0.397. The Balaban J connectivity index is 2.64. The van der Waals surface area contributed by atoms with E-state index < -0.39 is 5.82 Å². The first-order valence-electron chi connectivity index (χ1n) is 4.52. The standard InChI is InChI=1S/C12H10FNO/c13-8-5-6-12(15)10(7-8)9-3-1-2-4-11(9)14/h1-7,15H,14H2. The zero-order valence-electron chi connectivity index (χ0n) is 7.94. The van der Waals surface area contributed by atoms with Crippen LogP contribution in [-0.4, -0.2) is 5.11 Å². The van der Waals surface area contributed by atoms with Gasteiger partial charge in [-0.15, -0.1) is 0 Å². The fraction of sp³-hybridized carbons (Fsp3) is 0. The fourth-order valence-electron chi connectivity index (χ4n) is 1.47. The van der Waals surface area contributed by atoms with Crippen molar-refractivity contribution in [2.24, 2.45) is 0 Å². The molecule has 0 radical (unpaired) electrons. The highest BCUT2D eigenvalue weighted by Gasteiger charge is 2.07. The summed E-state index contributed by atoms with van der Waals surface area (Å²) in [5, 5.41) is 9.59. The van der Waals surface area contributed by atoms with Gasteiger partial charge in [0.2, 0.25) is 0 Å². The van der Waals surface area contributed by atoms with Gasteiger partial charge in [0.15, 0.2) is 0 Å². The monoisotopic (exact) mass is 203 g/mol. The molecule has 0 saturated heterocycles. The second-order valence-corrected chi connectivity index (χ2v) is 3.25. The van der Waals surface area contributed by atoms with Crippen molar-refractivity contribution in [1.29, 1.82) is 0 Å². The third-order valence-corrected chi connectivity index (χ3v) is 2.21. The molecule has 2 aromatic rings. The van der Waals surface area contributed by atoms with Crippen molar-refractivity contribution in [2.45, 2.75) is 0 Å². The summed E-state index contributed by atoms with van der Waals surface area (Å²) < 4.78 is 13.0. The molecule has 0 amide bonds. The predicted octanol–water partition coefficient (Wildman–Crippen LogP) is 2.78. The number of anilines is 1. The lowest BCUT2D eigenvalue weighted by Gasteiger charge is -2.07. The van der Waals surface area contributed by atoms with Crippen LogP contribution in [0.4, 0.5) is 10.1 Å². The van der Waals surface area contributed by atoms with Crippen molar-refractivity contribution in [3.05, 3.63) is 48.3 Å². The summed E-state index contributed by atoms with van der Waals surface area (Å²) >= 11 is 0. The van der Waals surface area contributed by atoms with Crippen molar-refractivity contribution < 1.29 is 9.50 Å². The largest absolute Gasteiger partial charge is 0.507 e. The molecule has 0 aliphatic carbocycles. The van der Waals surface area contributed by atoms with Gasteiger partial charge in [0.25, 0.3) is 0 Å². The molecule has 3 heteroatoms. The number of benzene rings is 2. The highest BCUT2D eigenvalue weighted by Crippen LogP contribution is 2.33. The van der Waals surface area contributed by atoms with Crippen LogP contribution in [0.3, 0.4) is 0 Å². The van der Waals surface area contributed by atoms with Gasteiger partial charge in [-0.1, -0.05) is 18.2 Å². The molecule has 0 saturated carbocycles. The summed E-state index contributed by atoms with van der Waals surface area (Å²) in [6, 6.07) is 10.8. The second kappa shape index (κ2) is 3.61. The Morgan fingerprint density at radius 3 is 2.47 bits per heavy atom. The van der Waals surface area contributed by atoms with Crippen LogP contribution in [0.1, 0.15) is 0 Å². The zero-order valence-corrected chi connectivity index (χ0v) is 7.94. The Kier molecular flexibility index (Phi) is 2.29. The van der Waals surface area contributed by atoms with E-state index in [1.165, 1.54) is 18.2 Å². The van der Waals surface area contributed by atoms with Crippen molar-refractivity contribution in [3.8, 4) is 16.9 Å². The van der Waals surface area contributed by atoms with E-state index in [4.69, 9.17) is 5.73 Å². The van der Waals surface area contributed by atoms with Crippen LogP contribution in [0.25, 0.3) is 11.1 Å². The molecule has 76 valence electrons. The van der Waals surface area contributed by atoms with Crippen LogP contribution in [0.2, 0.25) is 0 Å². The summed E-state index contributed by atoms with van der Waals surface area (Å²) in [6.45, 7) is 0. The average molecular weight is 203 g/mol. The summed E-state index contributed by atoms with van der Waals surface area (Å²) in [5.74, 6) is -0.375. The van der Waals surface area contributed by atoms with Gasteiger partial charge in [0, 0.05) is 16.8 Å². The number of phenols is 1. The van der Waals surface area contributed by atoms with Crippen LogP contribution < -0.4 is 5.73 Å². The highest BCUT2D eigenvalue weighted by atomic mass is 19.1. The molecular weight excluding hydrogens is 193 g/mol. The van der Waals surface area contributed by atoms with Gasteiger partial charge in [-0.05, 0) is 24.3 Å². The lowest BCUT2D eigenvalue weighted by atomic mass is 10.0. The quantitative estimate of drug-likeness (QED) is 0.700. The van der Waals surface area contributed by atoms with Crippen molar-refractivity contribution in [2.75, 3.05) is 5.73 Å². The van der Waals surface area contributed by atoms with Gasteiger partial charge in [-0.2, -0.15) is 0 Å². The number of hydrogen-bond donors (Lipinski definition) is 2. The van der Waals surface area contributed by atoms with Crippen molar-refractivity contribution in [1.82, 2.24) is 0 Å². The number of halogens is 1.